The summed E-state index contributed by atoms with van der Waals surface area (Å²) in [6.45, 7) is 1.51. The molecule has 25 heavy (non-hydrogen) atoms. The minimum Gasteiger partial charge on any atom is -0.377 e. The predicted octanol–water partition coefficient (Wildman–Crippen LogP) is 2.06. The molecule has 6 nitrogen and oxygen atoms in total. The standard InChI is InChI=1S/C17H23BrN2O4S/c18-15-5-1-2-6-16(15)19-17(21)11-20(10-14-4-3-8-24-14)13-7-9-25(22,23)12-13/h1-2,5-6,13-14H,3-4,7-12H2,(H,19,21). The van der Waals surface area contributed by atoms with Gasteiger partial charge in [0, 0.05) is 23.7 Å². The molecule has 0 radical (unpaired) electrons. The quantitative estimate of drug-likeness (QED) is 0.747. The second kappa shape index (κ2) is 8.16. The molecule has 1 N–H and O–H groups in total. The van der Waals surface area contributed by atoms with Gasteiger partial charge in [-0.25, -0.2) is 8.42 Å². The Morgan fingerprint density at radius 3 is 2.76 bits per heavy atom. The summed E-state index contributed by atoms with van der Waals surface area (Å²) in [5.41, 5.74) is 0.712. The lowest BCUT2D eigenvalue weighted by Gasteiger charge is -2.29. The summed E-state index contributed by atoms with van der Waals surface area (Å²) in [5, 5.41) is 2.89. The Bertz CT molecular complexity index is 719. The third kappa shape index (κ3) is 5.26. The molecular formula is C17H23BrN2O4S. The number of nitrogens with one attached hydrogen (secondary N) is 1. The van der Waals surface area contributed by atoms with E-state index in [9.17, 15) is 13.2 Å². The van der Waals surface area contributed by atoms with E-state index in [1.165, 1.54) is 0 Å². The zero-order valence-corrected chi connectivity index (χ0v) is 16.4. The van der Waals surface area contributed by atoms with Crippen LogP contribution in [-0.4, -0.2) is 62.6 Å². The Morgan fingerprint density at radius 1 is 1.32 bits per heavy atom. The molecule has 0 saturated carbocycles. The van der Waals surface area contributed by atoms with Crippen molar-refractivity contribution >= 4 is 37.4 Å². The van der Waals surface area contributed by atoms with Crippen LogP contribution in [0, 0.1) is 0 Å². The first-order chi connectivity index (χ1) is 11.9. The highest BCUT2D eigenvalue weighted by Gasteiger charge is 2.34. The fraction of sp³-hybridized carbons (Fsp3) is 0.588. The van der Waals surface area contributed by atoms with Crippen LogP contribution in [0.1, 0.15) is 19.3 Å². The van der Waals surface area contributed by atoms with Crippen molar-refractivity contribution in [2.45, 2.75) is 31.4 Å². The van der Waals surface area contributed by atoms with Crippen LogP contribution < -0.4 is 5.32 Å². The number of hydrogen-bond donors (Lipinski definition) is 1. The van der Waals surface area contributed by atoms with Gasteiger partial charge in [-0.05, 0) is 47.3 Å². The Balaban J connectivity index is 1.66. The van der Waals surface area contributed by atoms with Crippen LogP contribution in [0.5, 0.6) is 0 Å². The molecule has 2 aliphatic rings. The summed E-state index contributed by atoms with van der Waals surface area (Å²) in [7, 11) is -3.00. The third-order valence-corrected chi connectivity index (χ3v) is 7.12. The van der Waals surface area contributed by atoms with Gasteiger partial charge < -0.3 is 10.1 Å². The maximum atomic E-state index is 12.5. The van der Waals surface area contributed by atoms with Gasteiger partial charge in [-0.15, -0.1) is 0 Å². The number of ether oxygens (including phenoxy) is 1. The number of carbonyl (C=O) groups is 1. The van der Waals surface area contributed by atoms with E-state index in [1.807, 2.05) is 29.2 Å². The number of halogens is 1. The van der Waals surface area contributed by atoms with Crippen molar-refractivity contribution in [3.8, 4) is 0 Å². The molecule has 1 amide bonds. The number of hydrogen-bond acceptors (Lipinski definition) is 5. The SMILES string of the molecule is O=C(CN(CC1CCCO1)C1CCS(=O)(=O)C1)Nc1ccccc1Br. The summed E-state index contributed by atoms with van der Waals surface area (Å²) < 4.78 is 30.2. The second-order valence-electron chi connectivity index (χ2n) is 6.65. The van der Waals surface area contributed by atoms with Crippen LogP contribution >= 0.6 is 15.9 Å². The van der Waals surface area contributed by atoms with E-state index in [0.29, 0.717) is 18.7 Å². The number of anilines is 1. The monoisotopic (exact) mass is 430 g/mol. The van der Waals surface area contributed by atoms with Crippen molar-refractivity contribution in [1.29, 1.82) is 0 Å². The van der Waals surface area contributed by atoms with E-state index in [1.54, 1.807) is 0 Å². The lowest BCUT2D eigenvalue weighted by Crippen LogP contribution is -2.45. The van der Waals surface area contributed by atoms with Gasteiger partial charge in [0.15, 0.2) is 9.84 Å². The molecule has 0 spiro atoms. The van der Waals surface area contributed by atoms with Gasteiger partial charge in [0.25, 0.3) is 0 Å². The second-order valence-corrected chi connectivity index (χ2v) is 9.73. The van der Waals surface area contributed by atoms with E-state index in [0.717, 1.165) is 23.9 Å². The molecule has 2 fully saturated rings. The lowest BCUT2D eigenvalue weighted by molar-refractivity contribution is -0.118. The van der Waals surface area contributed by atoms with Crippen LogP contribution in [0.3, 0.4) is 0 Å². The van der Waals surface area contributed by atoms with Crippen LogP contribution in [0.4, 0.5) is 5.69 Å². The molecule has 0 bridgehead atoms. The average Bonchev–Trinajstić information content (AvgIpc) is 3.18. The number of carbonyl (C=O) groups excluding carboxylic acids is 1. The molecule has 138 valence electrons. The van der Waals surface area contributed by atoms with Gasteiger partial charge >= 0.3 is 0 Å². The summed E-state index contributed by atoms with van der Waals surface area (Å²) >= 11 is 3.42. The van der Waals surface area contributed by atoms with Crippen LogP contribution in [0.2, 0.25) is 0 Å². The van der Waals surface area contributed by atoms with Gasteiger partial charge in [-0.1, -0.05) is 12.1 Å². The van der Waals surface area contributed by atoms with Crippen LogP contribution in [-0.2, 0) is 19.4 Å². The van der Waals surface area contributed by atoms with E-state index < -0.39 is 9.84 Å². The normalized spacial score (nSPS) is 25.4. The maximum Gasteiger partial charge on any atom is 0.238 e. The molecule has 8 heteroatoms. The van der Waals surface area contributed by atoms with Crippen molar-refractivity contribution < 1.29 is 17.9 Å². The molecule has 2 heterocycles. The van der Waals surface area contributed by atoms with Crippen LogP contribution in [0.15, 0.2) is 28.7 Å². The topological polar surface area (TPSA) is 75.7 Å². The number of para-hydroxylation sites is 1. The van der Waals surface area contributed by atoms with Gasteiger partial charge in [-0.2, -0.15) is 0 Å². The average molecular weight is 431 g/mol. The highest BCUT2D eigenvalue weighted by Crippen LogP contribution is 2.23. The fourth-order valence-electron chi connectivity index (χ4n) is 3.39. The first-order valence-electron chi connectivity index (χ1n) is 8.53. The molecule has 2 atom stereocenters. The number of sulfone groups is 1. The summed E-state index contributed by atoms with van der Waals surface area (Å²) in [6.07, 6.45) is 2.64. The minimum absolute atomic E-state index is 0.0829. The summed E-state index contributed by atoms with van der Waals surface area (Å²) in [4.78, 5) is 14.5. The highest BCUT2D eigenvalue weighted by atomic mass is 79.9. The van der Waals surface area contributed by atoms with Gasteiger partial charge in [-0.3, -0.25) is 9.69 Å². The fourth-order valence-corrected chi connectivity index (χ4v) is 5.54. The zero-order chi connectivity index (χ0) is 17.9. The number of amides is 1. The highest BCUT2D eigenvalue weighted by molar-refractivity contribution is 9.10. The van der Waals surface area contributed by atoms with Gasteiger partial charge in [0.2, 0.25) is 5.91 Å². The van der Waals surface area contributed by atoms with E-state index >= 15 is 0 Å². The Morgan fingerprint density at radius 2 is 2.12 bits per heavy atom. The van der Waals surface area contributed by atoms with Crippen molar-refractivity contribution in [1.82, 2.24) is 4.90 Å². The first kappa shape index (κ1) is 18.8. The first-order valence-corrected chi connectivity index (χ1v) is 11.1. The number of nitrogens with zero attached hydrogens (tertiary/aromatic N) is 1. The van der Waals surface area contributed by atoms with E-state index in [-0.39, 0.29) is 36.1 Å². The summed E-state index contributed by atoms with van der Waals surface area (Å²) in [6, 6.07) is 7.32. The zero-order valence-electron chi connectivity index (χ0n) is 14.0. The Labute approximate surface area is 157 Å². The molecule has 3 rings (SSSR count). The van der Waals surface area contributed by atoms with E-state index in [4.69, 9.17) is 4.74 Å². The third-order valence-electron chi connectivity index (χ3n) is 4.68. The molecule has 1 aromatic rings. The molecule has 2 unspecified atom stereocenters. The van der Waals surface area contributed by atoms with Gasteiger partial charge in [0.05, 0.1) is 29.8 Å². The molecular weight excluding hydrogens is 408 g/mol. The van der Waals surface area contributed by atoms with Crippen molar-refractivity contribution in [3.63, 3.8) is 0 Å². The lowest BCUT2D eigenvalue weighted by atomic mass is 10.1. The molecule has 2 saturated heterocycles. The molecule has 0 aromatic heterocycles. The number of rotatable bonds is 6. The molecule has 1 aromatic carbocycles. The Hall–Kier alpha value is -0.960. The molecule has 0 aliphatic carbocycles. The smallest absolute Gasteiger partial charge is 0.238 e. The predicted molar refractivity (Wildman–Crippen MR) is 100 cm³/mol. The molecule has 2 aliphatic heterocycles. The number of benzene rings is 1. The van der Waals surface area contributed by atoms with Crippen molar-refractivity contribution in [2.75, 3.05) is 36.5 Å². The minimum atomic E-state index is -3.00. The van der Waals surface area contributed by atoms with Crippen LogP contribution in [0.25, 0.3) is 0 Å². The van der Waals surface area contributed by atoms with Crippen molar-refractivity contribution in [3.05, 3.63) is 28.7 Å². The largest absolute Gasteiger partial charge is 0.377 e. The maximum absolute atomic E-state index is 12.5. The van der Waals surface area contributed by atoms with E-state index in [2.05, 4.69) is 21.2 Å². The summed E-state index contributed by atoms with van der Waals surface area (Å²) in [5.74, 6) is 0.183. The van der Waals surface area contributed by atoms with Gasteiger partial charge in [0.1, 0.15) is 0 Å². The Kier molecular flexibility index (Phi) is 6.14. The van der Waals surface area contributed by atoms with Crippen molar-refractivity contribution in [2.24, 2.45) is 0 Å².